The van der Waals surface area contributed by atoms with Gasteiger partial charge in [0, 0.05) is 38.7 Å². The Balaban J connectivity index is 1.70. The van der Waals surface area contributed by atoms with Crippen LogP contribution in [0.4, 0.5) is 11.4 Å². The van der Waals surface area contributed by atoms with Crippen molar-refractivity contribution in [3.63, 3.8) is 0 Å². The van der Waals surface area contributed by atoms with Crippen LogP contribution in [0.5, 0.6) is 5.75 Å². The topological polar surface area (TPSA) is 101 Å². The number of aromatic amines is 1. The van der Waals surface area contributed by atoms with Crippen molar-refractivity contribution in [3.05, 3.63) is 86.3 Å². The average Bonchev–Trinajstić information content (AvgIpc) is 2.99. The van der Waals surface area contributed by atoms with E-state index < -0.39 is 0 Å². The Morgan fingerprint density at radius 2 is 1.89 bits per heavy atom. The number of aryl methyl sites for hydroxylation is 1. The van der Waals surface area contributed by atoms with Crippen LogP contribution in [0.25, 0.3) is 0 Å². The third-order valence-corrected chi connectivity index (χ3v) is 7.20. The summed E-state index contributed by atoms with van der Waals surface area (Å²) in [5, 5.41) is 1.57. The molecule has 0 amide bonds. The lowest BCUT2D eigenvalue weighted by Gasteiger charge is -2.34. The van der Waals surface area contributed by atoms with E-state index in [9.17, 15) is 4.79 Å². The molecule has 0 saturated heterocycles. The highest BCUT2D eigenvalue weighted by Crippen LogP contribution is 2.44. The second-order valence-corrected chi connectivity index (χ2v) is 11.0. The van der Waals surface area contributed by atoms with Crippen LogP contribution >= 0.6 is 0 Å². The van der Waals surface area contributed by atoms with Gasteiger partial charge in [-0.25, -0.2) is 5.84 Å². The molecule has 2 aromatic carbocycles. The van der Waals surface area contributed by atoms with Crippen molar-refractivity contribution >= 4 is 11.4 Å². The van der Waals surface area contributed by atoms with E-state index in [0.29, 0.717) is 13.2 Å². The highest BCUT2D eigenvalue weighted by Gasteiger charge is 2.31. The average molecular weight is 490 g/mol. The molecule has 1 aliphatic rings. The summed E-state index contributed by atoms with van der Waals surface area (Å²) >= 11 is 0. The van der Waals surface area contributed by atoms with E-state index in [-0.39, 0.29) is 16.9 Å². The summed E-state index contributed by atoms with van der Waals surface area (Å²) in [5.41, 5.74) is 14.8. The summed E-state index contributed by atoms with van der Waals surface area (Å²) < 4.78 is 5.88. The van der Waals surface area contributed by atoms with Crippen LogP contribution < -0.4 is 26.9 Å². The SMILES string of the molecule is Cc1ccc(C(c2ccc(N(C)N)c(N)c2C)C(C)(C)C)cc1CN1CCOc2ccc(=O)[nH]c2C1. The van der Waals surface area contributed by atoms with Crippen molar-refractivity contribution in [3.8, 4) is 5.75 Å². The molecule has 0 spiro atoms. The number of nitrogens with two attached hydrogens (primary N) is 2. The Kier molecular flexibility index (Phi) is 7.16. The van der Waals surface area contributed by atoms with Crippen LogP contribution in [-0.4, -0.2) is 30.1 Å². The van der Waals surface area contributed by atoms with E-state index in [1.165, 1.54) is 28.3 Å². The summed E-state index contributed by atoms with van der Waals surface area (Å²) in [6.45, 7) is 13.8. The number of nitrogen functional groups attached to an aromatic ring is 1. The Hall–Kier alpha value is -3.29. The van der Waals surface area contributed by atoms with Crippen molar-refractivity contribution in [2.75, 3.05) is 30.9 Å². The molecule has 5 N–H and O–H groups in total. The fourth-order valence-corrected chi connectivity index (χ4v) is 5.26. The number of benzene rings is 2. The van der Waals surface area contributed by atoms with Crippen LogP contribution in [0.2, 0.25) is 0 Å². The predicted octanol–water partition coefficient (Wildman–Crippen LogP) is 4.46. The monoisotopic (exact) mass is 489 g/mol. The van der Waals surface area contributed by atoms with Crippen LogP contribution in [0, 0.1) is 19.3 Å². The number of nitrogens with one attached hydrogen (secondary N) is 1. The molecule has 7 heteroatoms. The van der Waals surface area contributed by atoms with Gasteiger partial charge in [0.15, 0.2) is 0 Å². The van der Waals surface area contributed by atoms with Crippen molar-refractivity contribution in [2.24, 2.45) is 11.3 Å². The maximum absolute atomic E-state index is 11.9. The Morgan fingerprint density at radius 1 is 1.14 bits per heavy atom. The normalized spacial score (nSPS) is 15.1. The Labute approximate surface area is 214 Å². The number of H-pyrrole nitrogens is 1. The van der Waals surface area contributed by atoms with Gasteiger partial charge in [0.1, 0.15) is 12.4 Å². The van der Waals surface area contributed by atoms with E-state index in [1.807, 2.05) is 6.07 Å². The first-order valence-corrected chi connectivity index (χ1v) is 12.5. The molecule has 3 aromatic rings. The zero-order valence-corrected chi connectivity index (χ0v) is 22.3. The summed E-state index contributed by atoms with van der Waals surface area (Å²) in [6.07, 6.45) is 0. The fourth-order valence-electron chi connectivity index (χ4n) is 5.26. The van der Waals surface area contributed by atoms with E-state index in [0.717, 1.165) is 41.5 Å². The third-order valence-electron chi connectivity index (χ3n) is 7.20. The minimum absolute atomic E-state index is 0.0330. The van der Waals surface area contributed by atoms with Gasteiger partial charge in [0.2, 0.25) is 5.56 Å². The molecule has 192 valence electrons. The molecule has 0 fully saturated rings. The molecular weight excluding hydrogens is 450 g/mol. The van der Waals surface area contributed by atoms with E-state index in [4.69, 9.17) is 16.3 Å². The van der Waals surface area contributed by atoms with Crippen molar-refractivity contribution in [1.29, 1.82) is 0 Å². The smallest absolute Gasteiger partial charge is 0.248 e. The molecule has 1 atom stereocenters. The number of nitrogens with zero attached hydrogens (tertiary/aromatic N) is 2. The van der Waals surface area contributed by atoms with Gasteiger partial charge in [0.25, 0.3) is 0 Å². The highest BCUT2D eigenvalue weighted by atomic mass is 16.5. The summed E-state index contributed by atoms with van der Waals surface area (Å²) in [5.74, 6) is 6.91. The molecule has 1 aliphatic heterocycles. The maximum Gasteiger partial charge on any atom is 0.248 e. The van der Waals surface area contributed by atoms with Crippen LogP contribution in [0.15, 0.2) is 47.3 Å². The van der Waals surface area contributed by atoms with Gasteiger partial charge >= 0.3 is 0 Å². The number of pyridine rings is 1. The highest BCUT2D eigenvalue weighted by molar-refractivity contribution is 5.72. The minimum Gasteiger partial charge on any atom is -0.490 e. The maximum atomic E-state index is 11.9. The Bertz CT molecular complexity index is 1310. The number of hydrazine groups is 1. The molecule has 7 nitrogen and oxygen atoms in total. The summed E-state index contributed by atoms with van der Waals surface area (Å²) in [7, 11) is 1.81. The van der Waals surface area contributed by atoms with Crippen LogP contribution in [0.3, 0.4) is 0 Å². The second kappa shape index (κ2) is 9.99. The van der Waals surface area contributed by atoms with Crippen molar-refractivity contribution in [2.45, 2.75) is 53.6 Å². The van der Waals surface area contributed by atoms with Crippen LogP contribution in [0.1, 0.15) is 60.2 Å². The molecule has 0 bridgehead atoms. The number of rotatable bonds is 5. The number of fused-ring (bicyclic) bond motifs is 1. The van der Waals surface area contributed by atoms with Gasteiger partial charge in [-0.1, -0.05) is 45.0 Å². The van der Waals surface area contributed by atoms with Gasteiger partial charge < -0.3 is 20.5 Å². The van der Waals surface area contributed by atoms with E-state index in [2.05, 4.69) is 68.8 Å². The molecule has 1 unspecified atom stereocenters. The van der Waals surface area contributed by atoms with Crippen molar-refractivity contribution in [1.82, 2.24) is 9.88 Å². The second-order valence-electron chi connectivity index (χ2n) is 11.0. The molecule has 2 heterocycles. The van der Waals surface area contributed by atoms with Gasteiger partial charge in [0.05, 0.1) is 17.1 Å². The largest absolute Gasteiger partial charge is 0.490 e. The van der Waals surface area contributed by atoms with Gasteiger partial charge in [-0.3, -0.25) is 9.69 Å². The quantitative estimate of drug-likeness (QED) is 0.278. The number of anilines is 2. The zero-order chi connectivity index (χ0) is 26.2. The van der Waals surface area contributed by atoms with Crippen molar-refractivity contribution < 1.29 is 4.74 Å². The van der Waals surface area contributed by atoms with E-state index in [1.54, 1.807) is 18.1 Å². The summed E-state index contributed by atoms with van der Waals surface area (Å²) in [6, 6.07) is 14.3. The minimum atomic E-state index is -0.105. The van der Waals surface area contributed by atoms with Gasteiger partial charge in [-0.15, -0.1) is 0 Å². The lowest BCUT2D eigenvalue weighted by Crippen LogP contribution is -2.27. The first kappa shape index (κ1) is 25.8. The summed E-state index contributed by atoms with van der Waals surface area (Å²) in [4.78, 5) is 17.2. The van der Waals surface area contributed by atoms with E-state index >= 15 is 0 Å². The van der Waals surface area contributed by atoms with Crippen LogP contribution in [-0.2, 0) is 13.1 Å². The molecular formula is C29H39N5O2. The number of aromatic nitrogens is 1. The lowest BCUT2D eigenvalue weighted by atomic mass is 9.71. The molecule has 0 radical (unpaired) electrons. The number of hydrogen-bond acceptors (Lipinski definition) is 6. The molecule has 0 saturated carbocycles. The Morgan fingerprint density at radius 3 is 2.58 bits per heavy atom. The standard InChI is InChI=1S/C29H39N5O2/c1-18-7-8-20(27(29(3,4)5)22-9-10-24(33(6)31)28(30)19(22)2)15-21(18)16-34-13-14-36-25-11-12-26(35)32-23(25)17-34/h7-12,15,27H,13-14,16-17,30-31H2,1-6H3,(H,32,35). The molecule has 0 aliphatic carbocycles. The molecule has 4 rings (SSSR count). The first-order valence-electron chi connectivity index (χ1n) is 12.5. The molecule has 36 heavy (non-hydrogen) atoms. The number of hydrogen-bond donors (Lipinski definition) is 3. The fraction of sp³-hybridized carbons (Fsp3) is 0.414. The van der Waals surface area contributed by atoms with Gasteiger partial charge in [-0.05, 0) is 59.2 Å². The lowest BCUT2D eigenvalue weighted by molar-refractivity contribution is 0.218. The first-order chi connectivity index (χ1) is 17.0. The number of ether oxygens (including phenoxy) is 1. The van der Waals surface area contributed by atoms with Gasteiger partial charge in [-0.2, -0.15) is 0 Å². The zero-order valence-electron chi connectivity index (χ0n) is 22.3. The third kappa shape index (κ3) is 5.27. The predicted molar refractivity (Wildman–Crippen MR) is 147 cm³/mol. The molecule has 1 aromatic heterocycles.